The number of carbonyl (C=O) groups is 1. The summed E-state index contributed by atoms with van der Waals surface area (Å²) in [5.74, 6) is -1.97. The lowest BCUT2D eigenvalue weighted by Gasteiger charge is -2.11. The number of anilines is 1. The third-order valence-corrected chi connectivity index (χ3v) is 2.98. The van der Waals surface area contributed by atoms with Gasteiger partial charge in [-0.05, 0) is 52.5 Å². The molecule has 0 radical (unpaired) electrons. The Morgan fingerprint density at radius 3 is 2.33 bits per heavy atom. The van der Waals surface area contributed by atoms with Crippen LogP contribution in [0.3, 0.4) is 0 Å². The first-order valence-corrected chi connectivity index (χ1v) is 7.11. The fourth-order valence-corrected chi connectivity index (χ4v) is 1.91. The largest absolute Gasteiger partial charge is 0.381 e. The quantitative estimate of drug-likeness (QED) is 0.725. The molecule has 0 aromatic heterocycles. The zero-order valence-corrected chi connectivity index (χ0v) is 12.8. The molecule has 1 rings (SSSR count). The molecular formula is C15H23F2N3O. The average molecular weight is 299 g/mol. The van der Waals surface area contributed by atoms with Crippen molar-refractivity contribution in [2.45, 2.75) is 19.8 Å². The number of unbranched alkanes of at least 4 members (excludes halogenated alkanes) is 1. The first-order chi connectivity index (χ1) is 9.95. The van der Waals surface area contributed by atoms with E-state index in [9.17, 15) is 13.6 Å². The lowest BCUT2D eigenvalue weighted by molar-refractivity contribution is 0.0952. The Morgan fingerprint density at radius 1 is 1.19 bits per heavy atom. The second-order valence-electron chi connectivity index (χ2n) is 5.11. The number of rotatable bonds is 8. The Hall–Kier alpha value is -1.69. The van der Waals surface area contributed by atoms with E-state index in [4.69, 9.17) is 0 Å². The maximum Gasteiger partial charge on any atom is 0.251 e. The van der Waals surface area contributed by atoms with E-state index in [1.165, 1.54) is 0 Å². The maximum absolute atomic E-state index is 13.7. The van der Waals surface area contributed by atoms with Crippen LogP contribution in [0.25, 0.3) is 0 Å². The Bertz CT molecular complexity index is 455. The van der Waals surface area contributed by atoms with Crippen molar-refractivity contribution in [2.75, 3.05) is 39.0 Å². The van der Waals surface area contributed by atoms with Crippen LogP contribution in [-0.4, -0.2) is 44.5 Å². The van der Waals surface area contributed by atoms with Crippen molar-refractivity contribution in [3.8, 4) is 0 Å². The number of carbonyl (C=O) groups excluding carboxylic acids is 1. The summed E-state index contributed by atoms with van der Waals surface area (Å²) in [7, 11) is 3.96. The number of hydrogen-bond donors (Lipinski definition) is 2. The highest BCUT2D eigenvalue weighted by molar-refractivity contribution is 5.94. The van der Waals surface area contributed by atoms with Gasteiger partial charge in [-0.3, -0.25) is 4.79 Å². The van der Waals surface area contributed by atoms with E-state index in [0.29, 0.717) is 13.1 Å². The summed E-state index contributed by atoms with van der Waals surface area (Å²) < 4.78 is 27.4. The third kappa shape index (κ3) is 5.67. The molecule has 0 atom stereocenters. The molecule has 0 unspecified atom stereocenters. The van der Waals surface area contributed by atoms with Gasteiger partial charge in [0.1, 0.15) is 17.3 Å². The lowest BCUT2D eigenvalue weighted by atomic mass is 10.1. The molecular weight excluding hydrogens is 276 g/mol. The minimum Gasteiger partial charge on any atom is -0.381 e. The Balaban J connectivity index is 2.55. The van der Waals surface area contributed by atoms with Gasteiger partial charge in [-0.15, -0.1) is 0 Å². The van der Waals surface area contributed by atoms with Crippen LogP contribution in [0.2, 0.25) is 0 Å². The average Bonchev–Trinajstić information content (AvgIpc) is 2.41. The van der Waals surface area contributed by atoms with E-state index in [1.54, 1.807) is 6.92 Å². The van der Waals surface area contributed by atoms with E-state index in [2.05, 4.69) is 15.5 Å². The van der Waals surface area contributed by atoms with Crippen LogP contribution in [0.1, 0.15) is 30.1 Å². The van der Waals surface area contributed by atoms with Gasteiger partial charge in [-0.2, -0.15) is 0 Å². The van der Waals surface area contributed by atoms with Crippen LogP contribution < -0.4 is 10.6 Å². The van der Waals surface area contributed by atoms with Crippen LogP contribution in [0, 0.1) is 11.6 Å². The van der Waals surface area contributed by atoms with Crippen LogP contribution in [0.15, 0.2) is 12.1 Å². The number of halogens is 2. The molecule has 1 amide bonds. The lowest BCUT2D eigenvalue weighted by Crippen LogP contribution is -2.25. The number of benzene rings is 1. The van der Waals surface area contributed by atoms with Crippen molar-refractivity contribution in [3.63, 3.8) is 0 Å². The summed E-state index contributed by atoms with van der Waals surface area (Å²) in [6, 6.07) is 2.10. The highest BCUT2D eigenvalue weighted by atomic mass is 19.1. The van der Waals surface area contributed by atoms with Crippen molar-refractivity contribution in [2.24, 2.45) is 0 Å². The monoisotopic (exact) mass is 299 g/mol. The molecule has 21 heavy (non-hydrogen) atoms. The fraction of sp³-hybridized carbons (Fsp3) is 0.533. The molecule has 118 valence electrons. The molecule has 0 bridgehead atoms. The molecule has 0 saturated carbocycles. The van der Waals surface area contributed by atoms with Crippen LogP contribution in [0.4, 0.5) is 14.5 Å². The van der Waals surface area contributed by atoms with Gasteiger partial charge in [0.25, 0.3) is 5.91 Å². The maximum atomic E-state index is 13.7. The van der Waals surface area contributed by atoms with Gasteiger partial charge in [0.2, 0.25) is 0 Å². The number of nitrogens with one attached hydrogen (secondary N) is 2. The molecule has 1 aromatic carbocycles. The van der Waals surface area contributed by atoms with Crippen molar-refractivity contribution < 1.29 is 13.6 Å². The van der Waals surface area contributed by atoms with Crippen molar-refractivity contribution in [3.05, 3.63) is 29.3 Å². The topological polar surface area (TPSA) is 44.4 Å². The van der Waals surface area contributed by atoms with Crippen LogP contribution in [0.5, 0.6) is 0 Å². The van der Waals surface area contributed by atoms with E-state index in [0.717, 1.165) is 31.5 Å². The number of hydrogen-bond acceptors (Lipinski definition) is 3. The van der Waals surface area contributed by atoms with Gasteiger partial charge in [0.05, 0.1) is 0 Å². The summed E-state index contributed by atoms with van der Waals surface area (Å²) in [6.45, 7) is 3.58. The van der Waals surface area contributed by atoms with Gasteiger partial charge in [0, 0.05) is 18.7 Å². The summed E-state index contributed by atoms with van der Waals surface area (Å²) in [5, 5.41) is 5.26. The molecule has 0 spiro atoms. The molecule has 0 saturated heterocycles. The minimum atomic E-state index is -0.755. The van der Waals surface area contributed by atoms with E-state index in [-0.39, 0.29) is 11.3 Å². The highest BCUT2D eigenvalue weighted by Gasteiger charge is 2.14. The van der Waals surface area contributed by atoms with Crippen molar-refractivity contribution in [1.82, 2.24) is 10.2 Å². The normalized spacial score (nSPS) is 10.8. The predicted octanol–water partition coefficient (Wildman–Crippen LogP) is 2.47. The van der Waals surface area contributed by atoms with Crippen LogP contribution >= 0.6 is 0 Å². The van der Waals surface area contributed by atoms with E-state index >= 15 is 0 Å². The van der Waals surface area contributed by atoms with Gasteiger partial charge < -0.3 is 15.5 Å². The van der Waals surface area contributed by atoms with E-state index in [1.807, 2.05) is 14.1 Å². The molecule has 0 aliphatic carbocycles. The Labute approximate surface area is 124 Å². The number of amides is 1. The first-order valence-electron chi connectivity index (χ1n) is 7.11. The second-order valence-corrected chi connectivity index (χ2v) is 5.11. The zero-order valence-electron chi connectivity index (χ0n) is 12.8. The second kappa shape index (κ2) is 8.56. The van der Waals surface area contributed by atoms with Gasteiger partial charge in [0.15, 0.2) is 0 Å². The summed E-state index contributed by atoms with van der Waals surface area (Å²) >= 11 is 0. The summed E-state index contributed by atoms with van der Waals surface area (Å²) in [5.41, 5.74) is -0.195. The Morgan fingerprint density at radius 2 is 1.81 bits per heavy atom. The van der Waals surface area contributed by atoms with Crippen molar-refractivity contribution >= 4 is 11.6 Å². The molecule has 2 N–H and O–H groups in total. The first kappa shape index (κ1) is 17.4. The zero-order chi connectivity index (χ0) is 15.8. The summed E-state index contributed by atoms with van der Waals surface area (Å²) in [4.78, 5) is 13.9. The predicted molar refractivity (Wildman–Crippen MR) is 80.6 cm³/mol. The van der Waals surface area contributed by atoms with Crippen molar-refractivity contribution in [1.29, 1.82) is 0 Å². The summed E-state index contributed by atoms with van der Waals surface area (Å²) in [6.07, 6.45) is 1.78. The molecule has 0 aliphatic heterocycles. The fourth-order valence-electron chi connectivity index (χ4n) is 1.91. The molecule has 0 fully saturated rings. The third-order valence-electron chi connectivity index (χ3n) is 2.98. The highest BCUT2D eigenvalue weighted by Crippen LogP contribution is 2.20. The molecule has 4 nitrogen and oxygen atoms in total. The number of nitrogens with zero attached hydrogens (tertiary/aromatic N) is 1. The molecule has 0 aliphatic rings. The molecule has 0 heterocycles. The Kier molecular flexibility index (Phi) is 7.08. The standard InChI is InChI=1S/C15H23F2N3O/c1-4-18-14-12(16)9-11(10-13(14)17)15(21)19-7-5-6-8-20(2)3/h9-10,18H,4-8H2,1-3H3,(H,19,21). The molecule has 6 heteroatoms. The van der Waals surface area contributed by atoms with Gasteiger partial charge in [-0.25, -0.2) is 8.78 Å². The SMILES string of the molecule is CCNc1c(F)cc(C(=O)NCCCCN(C)C)cc1F. The van der Waals surface area contributed by atoms with Gasteiger partial charge in [-0.1, -0.05) is 0 Å². The van der Waals surface area contributed by atoms with Gasteiger partial charge >= 0.3 is 0 Å². The van der Waals surface area contributed by atoms with E-state index < -0.39 is 17.5 Å². The smallest absolute Gasteiger partial charge is 0.251 e. The molecule has 1 aromatic rings. The minimum absolute atomic E-state index is 0.000683. The van der Waals surface area contributed by atoms with Crippen LogP contribution in [-0.2, 0) is 0 Å².